The predicted octanol–water partition coefficient (Wildman–Crippen LogP) is 2.26. The van der Waals surface area contributed by atoms with Crippen molar-refractivity contribution in [2.75, 3.05) is 19.7 Å². The smallest absolute Gasteiger partial charge is 0.246 e. The normalized spacial score (nSPS) is 17.8. The van der Waals surface area contributed by atoms with E-state index in [0.29, 0.717) is 0 Å². The highest BCUT2D eigenvalue weighted by Gasteiger charge is 2.38. The van der Waals surface area contributed by atoms with Crippen molar-refractivity contribution in [3.8, 4) is 0 Å². The molecule has 1 heterocycles. The molecule has 0 unspecified atom stereocenters. The molecule has 8 heteroatoms. The van der Waals surface area contributed by atoms with Gasteiger partial charge in [0.25, 0.3) is 0 Å². The summed E-state index contributed by atoms with van der Waals surface area (Å²) in [5.41, 5.74) is 0. The molecule has 2 rings (SSSR count). The Morgan fingerprint density at radius 1 is 1.22 bits per heavy atom. The van der Waals surface area contributed by atoms with Gasteiger partial charge >= 0.3 is 0 Å². The summed E-state index contributed by atoms with van der Waals surface area (Å²) in [6, 6.07) is 2.68. The zero-order valence-electron chi connectivity index (χ0n) is 9.11. The van der Waals surface area contributed by atoms with Crippen LogP contribution < -0.4 is 0 Å². The van der Waals surface area contributed by atoms with Crippen LogP contribution >= 0.6 is 34.8 Å². The fraction of sp³-hybridized carbons (Fsp3) is 0.400. The zero-order chi connectivity index (χ0) is 13.5. The lowest BCUT2D eigenvalue weighted by Crippen LogP contribution is -2.51. The molecule has 1 saturated heterocycles. The van der Waals surface area contributed by atoms with Crippen LogP contribution in [0.1, 0.15) is 0 Å². The maximum absolute atomic E-state index is 12.3. The Morgan fingerprint density at radius 2 is 1.72 bits per heavy atom. The summed E-state index contributed by atoms with van der Waals surface area (Å²) < 4.78 is 25.8. The summed E-state index contributed by atoms with van der Waals surface area (Å²) in [5, 5.41) is 9.17. The second kappa shape index (κ2) is 5.15. The summed E-state index contributed by atoms with van der Waals surface area (Å²) in [6.45, 7) is 0.510. The molecule has 1 aromatic carbocycles. The van der Waals surface area contributed by atoms with Crippen molar-refractivity contribution in [2.24, 2.45) is 5.92 Å². The largest absolute Gasteiger partial charge is 0.396 e. The van der Waals surface area contributed by atoms with Crippen LogP contribution in [0.15, 0.2) is 17.0 Å². The summed E-state index contributed by atoms with van der Waals surface area (Å²) in [5.74, 6) is -0.0235. The standard InChI is InChI=1S/C10H10Cl3NO3S/c11-7-1-8(12)10(9(13)2-7)18(16,17)14-3-6(4-14)5-15/h1-2,6,15H,3-5H2. The van der Waals surface area contributed by atoms with E-state index in [1.807, 2.05) is 0 Å². The van der Waals surface area contributed by atoms with Crippen LogP contribution in [0.25, 0.3) is 0 Å². The van der Waals surface area contributed by atoms with Gasteiger partial charge in [-0.3, -0.25) is 0 Å². The minimum absolute atomic E-state index is 0.0000477. The molecular formula is C10H10Cl3NO3S. The lowest BCUT2D eigenvalue weighted by molar-refractivity contribution is 0.117. The number of rotatable bonds is 3. The summed E-state index contributed by atoms with van der Waals surface area (Å²) >= 11 is 17.5. The van der Waals surface area contributed by atoms with E-state index in [9.17, 15) is 8.42 Å². The molecule has 100 valence electrons. The quantitative estimate of drug-likeness (QED) is 0.925. The van der Waals surface area contributed by atoms with Crippen LogP contribution in [0.3, 0.4) is 0 Å². The SMILES string of the molecule is O=S(=O)(c1c(Cl)cc(Cl)cc1Cl)N1CC(CO)C1. The molecule has 4 nitrogen and oxygen atoms in total. The summed E-state index contributed by atoms with van der Waals surface area (Å²) in [4.78, 5) is -0.133. The minimum Gasteiger partial charge on any atom is -0.396 e. The van der Waals surface area contributed by atoms with Gasteiger partial charge in [-0.1, -0.05) is 34.8 Å². The minimum atomic E-state index is -3.72. The van der Waals surface area contributed by atoms with E-state index in [0.717, 1.165) is 0 Å². The second-order valence-electron chi connectivity index (χ2n) is 4.07. The number of nitrogens with zero attached hydrogens (tertiary/aromatic N) is 1. The molecule has 0 saturated carbocycles. The Bertz CT molecular complexity index is 547. The van der Waals surface area contributed by atoms with Gasteiger partial charge in [-0.2, -0.15) is 4.31 Å². The van der Waals surface area contributed by atoms with Gasteiger partial charge in [0, 0.05) is 30.6 Å². The number of aliphatic hydroxyl groups excluding tert-OH is 1. The Labute approximate surface area is 120 Å². The van der Waals surface area contributed by atoms with Crippen LogP contribution in [-0.2, 0) is 10.0 Å². The van der Waals surface area contributed by atoms with Gasteiger partial charge < -0.3 is 5.11 Å². The zero-order valence-corrected chi connectivity index (χ0v) is 12.2. The van der Waals surface area contributed by atoms with Gasteiger partial charge in [0.1, 0.15) is 4.90 Å². The van der Waals surface area contributed by atoms with Crippen LogP contribution in [0.2, 0.25) is 15.1 Å². The van der Waals surface area contributed by atoms with E-state index in [2.05, 4.69) is 0 Å². The number of halogens is 3. The van der Waals surface area contributed by atoms with Gasteiger partial charge in [0.2, 0.25) is 10.0 Å². The fourth-order valence-electron chi connectivity index (χ4n) is 1.74. The molecule has 1 fully saturated rings. The third-order valence-electron chi connectivity index (χ3n) is 2.74. The lowest BCUT2D eigenvalue weighted by Gasteiger charge is -2.37. The van der Waals surface area contributed by atoms with Gasteiger partial charge in [0.05, 0.1) is 10.0 Å². The Kier molecular flexibility index (Phi) is 4.11. The van der Waals surface area contributed by atoms with Crippen molar-refractivity contribution < 1.29 is 13.5 Å². The molecule has 0 atom stereocenters. The van der Waals surface area contributed by atoms with E-state index in [-0.39, 0.29) is 45.6 Å². The topological polar surface area (TPSA) is 57.6 Å². The highest BCUT2D eigenvalue weighted by Crippen LogP contribution is 2.36. The molecule has 0 amide bonds. The summed E-state index contributed by atoms with van der Waals surface area (Å²) in [6.07, 6.45) is 0. The molecule has 1 N–H and O–H groups in total. The van der Waals surface area contributed by atoms with E-state index < -0.39 is 10.0 Å². The van der Waals surface area contributed by atoms with Gasteiger partial charge in [-0.25, -0.2) is 8.42 Å². The van der Waals surface area contributed by atoms with Crippen molar-refractivity contribution in [2.45, 2.75) is 4.90 Å². The van der Waals surface area contributed by atoms with E-state index >= 15 is 0 Å². The number of aliphatic hydroxyl groups is 1. The number of hydrogen-bond donors (Lipinski definition) is 1. The monoisotopic (exact) mass is 329 g/mol. The van der Waals surface area contributed by atoms with Crippen molar-refractivity contribution in [3.63, 3.8) is 0 Å². The summed E-state index contributed by atoms with van der Waals surface area (Å²) in [7, 11) is -3.72. The second-order valence-corrected chi connectivity index (χ2v) is 7.19. The van der Waals surface area contributed by atoms with Crippen molar-refractivity contribution in [1.82, 2.24) is 4.31 Å². The predicted molar refractivity (Wildman–Crippen MR) is 70.8 cm³/mol. The molecule has 1 aliphatic rings. The van der Waals surface area contributed by atoms with E-state index in [1.165, 1.54) is 16.4 Å². The van der Waals surface area contributed by atoms with Crippen LogP contribution in [0.5, 0.6) is 0 Å². The average molecular weight is 331 g/mol. The third kappa shape index (κ3) is 2.48. The average Bonchev–Trinajstić information content (AvgIpc) is 2.12. The number of sulfonamides is 1. The third-order valence-corrected chi connectivity index (χ3v) is 5.72. The first-order valence-electron chi connectivity index (χ1n) is 5.12. The first-order valence-corrected chi connectivity index (χ1v) is 7.69. The van der Waals surface area contributed by atoms with Gasteiger partial charge in [0.15, 0.2) is 0 Å². The molecule has 18 heavy (non-hydrogen) atoms. The van der Waals surface area contributed by atoms with Crippen LogP contribution in [0.4, 0.5) is 0 Å². The van der Waals surface area contributed by atoms with Crippen molar-refractivity contribution in [1.29, 1.82) is 0 Å². The highest BCUT2D eigenvalue weighted by atomic mass is 35.5. The van der Waals surface area contributed by atoms with Crippen molar-refractivity contribution >= 4 is 44.8 Å². The van der Waals surface area contributed by atoms with Crippen LogP contribution in [-0.4, -0.2) is 37.5 Å². The molecule has 0 spiro atoms. The molecule has 1 aliphatic heterocycles. The van der Waals surface area contributed by atoms with E-state index in [1.54, 1.807) is 0 Å². The van der Waals surface area contributed by atoms with Crippen molar-refractivity contribution in [3.05, 3.63) is 27.2 Å². The maximum Gasteiger partial charge on any atom is 0.246 e. The first-order chi connectivity index (χ1) is 8.36. The Morgan fingerprint density at radius 3 is 2.17 bits per heavy atom. The molecule has 0 aromatic heterocycles. The molecule has 0 radical (unpaired) electrons. The fourth-order valence-corrected chi connectivity index (χ4v) is 4.82. The van der Waals surface area contributed by atoms with E-state index in [4.69, 9.17) is 39.9 Å². The van der Waals surface area contributed by atoms with Gasteiger partial charge in [-0.15, -0.1) is 0 Å². The molecular weight excluding hydrogens is 321 g/mol. The van der Waals surface area contributed by atoms with Crippen LogP contribution in [0, 0.1) is 5.92 Å². The lowest BCUT2D eigenvalue weighted by atomic mass is 10.1. The molecule has 0 bridgehead atoms. The molecule has 1 aromatic rings. The number of benzene rings is 1. The number of hydrogen-bond acceptors (Lipinski definition) is 3. The highest BCUT2D eigenvalue weighted by molar-refractivity contribution is 7.89. The Hall–Kier alpha value is -0.0400. The first kappa shape index (κ1) is 14.4. The Balaban J connectivity index is 2.37. The molecule has 0 aliphatic carbocycles. The maximum atomic E-state index is 12.3. The van der Waals surface area contributed by atoms with Gasteiger partial charge in [-0.05, 0) is 12.1 Å².